The fourth-order valence-corrected chi connectivity index (χ4v) is 5.28. The van der Waals surface area contributed by atoms with Crippen LogP contribution in [-0.4, -0.2) is 31.4 Å². The van der Waals surface area contributed by atoms with Gasteiger partial charge in [0.05, 0.1) is 12.2 Å². The Morgan fingerprint density at radius 2 is 1.76 bits per heavy atom. The van der Waals surface area contributed by atoms with E-state index >= 15 is 0 Å². The molecule has 1 N–H and O–H groups in total. The molecule has 0 radical (unpaired) electrons. The van der Waals surface area contributed by atoms with E-state index in [0.717, 1.165) is 37.9 Å². The molecule has 0 spiro atoms. The number of ether oxygens (including phenoxy) is 2. The molecule has 2 aliphatic rings. The van der Waals surface area contributed by atoms with Crippen molar-refractivity contribution in [3.8, 4) is 5.75 Å². The number of aliphatic hydroxyl groups is 1. The summed E-state index contributed by atoms with van der Waals surface area (Å²) in [4.78, 5) is 11.7. The number of methoxy groups -OCH3 is 1. The number of aldehydes is 1. The number of hydrogen-bond donors (Lipinski definition) is 1. The molecule has 0 saturated heterocycles. The second kappa shape index (κ2) is 11.1. The predicted molar refractivity (Wildman–Crippen MR) is 115 cm³/mol. The Kier molecular flexibility index (Phi) is 8.55. The van der Waals surface area contributed by atoms with Crippen molar-refractivity contribution >= 4 is 6.29 Å². The molecule has 1 aromatic rings. The minimum Gasteiger partial charge on any atom is -0.493 e. The molecule has 4 heteroatoms. The van der Waals surface area contributed by atoms with E-state index < -0.39 is 6.29 Å². The van der Waals surface area contributed by atoms with Gasteiger partial charge in [-0.15, -0.1) is 0 Å². The van der Waals surface area contributed by atoms with Crippen molar-refractivity contribution in [2.45, 2.75) is 83.3 Å². The van der Waals surface area contributed by atoms with E-state index in [1.807, 2.05) is 6.07 Å². The first-order valence-corrected chi connectivity index (χ1v) is 11.6. The first-order valence-electron chi connectivity index (χ1n) is 11.6. The molecule has 0 amide bonds. The van der Waals surface area contributed by atoms with Crippen LogP contribution in [0.1, 0.15) is 93.0 Å². The number of benzene rings is 1. The quantitative estimate of drug-likeness (QED) is 0.424. The summed E-state index contributed by atoms with van der Waals surface area (Å²) in [5, 5.41) is 9.83. The third kappa shape index (κ3) is 6.05. The van der Waals surface area contributed by atoms with Gasteiger partial charge in [-0.3, -0.25) is 4.79 Å². The topological polar surface area (TPSA) is 55.8 Å². The van der Waals surface area contributed by atoms with Gasteiger partial charge in [0.1, 0.15) is 5.75 Å². The third-order valence-electron chi connectivity index (χ3n) is 7.19. The van der Waals surface area contributed by atoms with E-state index in [9.17, 15) is 9.90 Å². The Morgan fingerprint density at radius 3 is 2.38 bits per heavy atom. The Bertz CT molecular complexity index is 628. The SMILES string of the molecule is CCCC1CCC(c2ccc(OCC3CCC(C(O)OC)CC3)c(C=O)c2)CC1. The maximum atomic E-state index is 11.7. The molecule has 1 unspecified atom stereocenters. The highest BCUT2D eigenvalue weighted by molar-refractivity contribution is 5.79. The maximum Gasteiger partial charge on any atom is 0.156 e. The molecule has 1 aromatic carbocycles. The van der Waals surface area contributed by atoms with Gasteiger partial charge in [-0.2, -0.15) is 0 Å². The molecular weight excluding hydrogens is 364 g/mol. The van der Waals surface area contributed by atoms with Crippen molar-refractivity contribution in [2.75, 3.05) is 13.7 Å². The summed E-state index contributed by atoms with van der Waals surface area (Å²) in [6.07, 6.45) is 12.0. The Balaban J connectivity index is 1.51. The van der Waals surface area contributed by atoms with Crippen molar-refractivity contribution in [1.29, 1.82) is 0 Å². The minimum atomic E-state index is -0.650. The first kappa shape index (κ1) is 22.3. The largest absolute Gasteiger partial charge is 0.493 e. The van der Waals surface area contributed by atoms with Crippen LogP contribution < -0.4 is 4.74 Å². The van der Waals surface area contributed by atoms with Crippen LogP contribution in [0, 0.1) is 17.8 Å². The van der Waals surface area contributed by atoms with Gasteiger partial charge >= 0.3 is 0 Å². The fourth-order valence-electron chi connectivity index (χ4n) is 5.28. The molecule has 2 fully saturated rings. The van der Waals surface area contributed by atoms with Crippen LogP contribution in [0.3, 0.4) is 0 Å². The van der Waals surface area contributed by atoms with Gasteiger partial charge in [0.15, 0.2) is 12.6 Å². The molecule has 0 bridgehead atoms. The highest BCUT2D eigenvalue weighted by Gasteiger charge is 2.27. The van der Waals surface area contributed by atoms with E-state index in [0.29, 0.717) is 29.8 Å². The fraction of sp³-hybridized carbons (Fsp3) is 0.720. The summed E-state index contributed by atoms with van der Waals surface area (Å²) in [6.45, 7) is 2.91. The summed E-state index contributed by atoms with van der Waals surface area (Å²) in [5.41, 5.74) is 1.98. The van der Waals surface area contributed by atoms with Crippen molar-refractivity contribution in [2.24, 2.45) is 17.8 Å². The van der Waals surface area contributed by atoms with Gasteiger partial charge in [0.2, 0.25) is 0 Å². The monoisotopic (exact) mass is 402 g/mol. The normalized spacial score (nSPS) is 28.7. The lowest BCUT2D eigenvalue weighted by Gasteiger charge is -2.31. The van der Waals surface area contributed by atoms with Gasteiger partial charge < -0.3 is 14.6 Å². The number of rotatable bonds is 9. The Morgan fingerprint density at radius 1 is 1.07 bits per heavy atom. The zero-order valence-corrected chi connectivity index (χ0v) is 18.1. The molecule has 3 rings (SSSR count). The Hall–Kier alpha value is -1.39. The number of aliphatic hydroxyl groups excluding tert-OH is 1. The molecule has 0 heterocycles. The van der Waals surface area contributed by atoms with Gasteiger partial charge in [-0.1, -0.05) is 25.8 Å². The van der Waals surface area contributed by atoms with Crippen LogP contribution in [0.5, 0.6) is 5.75 Å². The summed E-state index contributed by atoms with van der Waals surface area (Å²) >= 11 is 0. The summed E-state index contributed by atoms with van der Waals surface area (Å²) in [5.74, 6) is 2.89. The van der Waals surface area contributed by atoms with Crippen LogP contribution in [0.4, 0.5) is 0 Å². The van der Waals surface area contributed by atoms with Crippen LogP contribution in [0.15, 0.2) is 18.2 Å². The molecule has 162 valence electrons. The second-order valence-corrected chi connectivity index (χ2v) is 9.14. The van der Waals surface area contributed by atoms with Crippen molar-refractivity contribution in [3.63, 3.8) is 0 Å². The maximum absolute atomic E-state index is 11.7. The van der Waals surface area contributed by atoms with E-state index in [4.69, 9.17) is 9.47 Å². The zero-order chi connectivity index (χ0) is 20.6. The molecule has 1 atom stereocenters. The highest BCUT2D eigenvalue weighted by Crippen LogP contribution is 2.38. The lowest BCUT2D eigenvalue weighted by molar-refractivity contribution is -0.123. The number of carbonyl (C=O) groups is 1. The number of hydrogen-bond acceptors (Lipinski definition) is 4. The molecule has 0 aliphatic heterocycles. The average Bonchev–Trinajstić information content (AvgIpc) is 2.78. The molecule has 2 aliphatic carbocycles. The van der Waals surface area contributed by atoms with Crippen molar-refractivity contribution < 1.29 is 19.4 Å². The van der Waals surface area contributed by atoms with E-state index in [1.54, 1.807) is 7.11 Å². The van der Waals surface area contributed by atoms with Crippen LogP contribution in [0.2, 0.25) is 0 Å². The van der Waals surface area contributed by atoms with Gasteiger partial charge in [0.25, 0.3) is 0 Å². The molecule has 4 nitrogen and oxygen atoms in total. The Labute approximate surface area is 176 Å². The highest BCUT2D eigenvalue weighted by atomic mass is 16.6. The smallest absolute Gasteiger partial charge is 0.156 e. The zero-order valence-electron chi connectivity index (χ0n) is 18.1. The minimum absolute atomic E-state index is 0.230. The summed E-state index contributed by atoms with van der Waals surface area (Å²) in [6, 6.07) is 6.22. The van der Waals surface area contributed by atoms with Crippen LogP contribution in [0.25, 0.3) is 0 Å². The van der Waals surface area contributed by atoms with E-state index in [1.165, 1.54) is 44.1 Å². The average molecular weight is 403 g/mol. The van der Waals surface area contributed by atoms with E-state index in [2.05, 4.69) is 19.1 Å². The molecule has 2 saturated carbocycles. The molecule has 0 aromatic heterocycles. The van der Waals surface area contributed by atoms with Crippen molar-refractivity contribution in [1.82, 2.24) is 0 Å². The lowest BCUT2D eigenvalue weighted by atomic mass is 9.77. The lowest BCUT2D eigenvalue weighted by Crippen LogP contribution is -2.28. The molecular formula is C25H38O4. The van der Waals surface area contributed by atoms with Crippen molar-refractivity contribution in [3.05, 3.63) is 29.3 Å². The first-order chi connectivity index (χ1) is 14.1. The number of carbonyl (C=O) groups excluding carboxylic acids is 1. The van der Waals surface area contributed by atoms with Crippen LogP contribution in [-0.2, 0) is 4.74 Å². The standard InChI is InChI=1S/C25H38O4/c1-3-4-18-5-9-20(10-6-18)22-13-14-24(23(15-22)16-26)29-17-19-7-11-21(12-8-19)25(27)28-2/h13-16,18-21,25,27H,3-12,17H2,1-2H3. The van der Waals surface area contributed by atoms with Gasteiger partial charge in [-0.25, -0.2) is 0 Å². The second-order valence-electron chi connectivity index (χ2n) is 9.14. The van der Waals surface area contributed by atoms with Crippen LogP contribution >= 0.6 is 0 Å². The van der Waals surface area contributed by atoms with E-state index in [-0.39, 0.29) is 5.92 Å². The van der Waals surface area contributed by atoms with Gasteiger partial charge in [0, 0.05) is 13.0 Å². The van der Waals surface area contributed by atoms with Gasteiger partial charge in [-0.05, 0) is 86.8 Å². The summed E-state index contributed by atoms with van der Waals surface area (Å²) < 4.78 is 11.1. The predicted octanol–water partition coefficient (Wildman–Crippen LogP) is 5.72. The summed E-state index contributed by atoms with van der Waals surface area (Å²) in [7, 11) is 1.56. The molecule has 29 heavy (non-hydrogen) atoms. The third-order valence-corrected chi connectivity index (χ3v) is 7.19.